The fraction of sp³-hybridized carbons (Fsp3) is 0.333. The molecule has 0 saturated carbocycles. The smallest absolute Gasteiger partial charge is 0.337 e. The molecule has 27 heavy (non-hydrogen) atoms. The number of methoxy groups -OCH3 is 1. The molecule has 142 valence electrons. The number of rotatable bonds is 5. The predicted octanol–water partition coefficient (Wildman–Crippen LogP) is 3.88. The van der Waals surface area contributed by atoms with Crippen molar-refractivity contribution in [3.05, 3.63) is 53.6 Å². The summed E-state index contributed by atoms with van der Waals surface area (Å²) in [7, 11) is 1.49. The molecule has 1 saturated heterocycles. The van der Waals surface area contributed by atoms with Crippen molar-refractivity contribution in [1.82, 2.24) is 0 Å². The molecule has 0 aromatic heterocycles. The molecule has 0 radical (unpaired) electrons. The number of anilines is 2. The van der Waals surface area contributed by atoms with E-state index in [4.69, 9.17) is 4.74 Å². The van der Waals surface area contributed by atoms with Gasteiger partial charge < -0.3 is 20.1 Å². The van der Waals surface area contributed by atoms with Gasteiger partial charge in [0.25, 0.3) is 5.91 Å². The Bertz CT molecular complexity index is 842. The average Bonchev–Trinajstić information content (AvgIpc) is 2.68. The number of para-hydroxylation sites is 1. The predicted molar refractivity (Wildman–Crippen MR) is 105 cm³/mol. The number of ether oxygens (including phenoxy) is 1. The Morgan fingerprint density at radius 1 is 1.11 bits per heavy atom. The van der Waals surface area contributed by atoms with Crippen LogP contribution in [0.15, 0.2) is 42.5 Å². The summed E-state index contributed by atoms with van der Waals surface area (Å²) >= 11 is 0. The van der Waals surface area contributed by atoms with E-state index < -0.39 is 11.9 Å². The maximum Gasteiger partial charge on any atom is 0.337 e. The van der Waals surface area contributed by atoms with Crippen molar-refractivity contribution < 1.29 is 19.4 Å². The van der Waals surface area contributed by atoms with Crippen molar-refractivity contribution in [3.63, 3.8) is 0 Å². The third-order valence-corrected chi connectivity index (χ3v) is 4.98. The molecule has 0 atom stereocenters. The van der Waals surface area contributed by atoms with Crippen molar-refractivity contribution in [3.8, 4) is 5.75 Å². The highest BCUT2D eigenvalue weighted by atomic mass is 16.5. The molecular weight excluding hydrogens is 344 g/mol. The maximum atomic E-state index is 12.6. The summed E-state index contributed by atoms with van der Waals surface area (Å²) in [6.45, 7) is 4.05. The van der Waals surface area contributed by atoms with Gasteiger partial charge in [0.15, 0.2) is 0 Å². The van der Waals surface area contributed by atoms with Crippen LogP contribution < -0.4 is 15.0 Å². The van der Waals surface area contributed by atoms with E-state index in [1.165, 1.54) is 7.11 Å². The Morgan fingerprint density at radius 2 is 1.81 bits per heavy atom. The minimum absolute atomic E-state index is 0.0781. The number of aromatic carboxylic acids is 1. The molecule has 3 rings (SSSR count). The van der Waals surface area contributed by atoms with Crippen LogP contribution >= 0.6 is 0 Å². The number of carbonyl (C=O) groups excluding carboxylic acids is 1. The van der Waals surface area contributed by atoms with Crippen LogP contribution in [0.1, 0.15) is 40.5 Å². The van der Waals surface area contributed by atoms with Crippen molar-refractivity contribution >= 4 is 23.3 Å². The van der Waals surface area contributed by atoms with Gasteiger partial charge in [-0.3, -0.25) is 4.79 Å². The zero-order chi connectivity index (χ0) is 19.4. The zero-order valence-electron chi connectivity index (χ0n) is 15.6. The Balaban J connectivity index is 1.85. The van der Waals surface area contributed by atoms with Crippen LogP contribution in [0.5, 0.6) is 5.75 Å². The highest BCUT2D eigenvalue weighted by Crippen LogP contribution is 2.28. The number of benzene rings is 2. The van der Waals surface area contributed by atoms with E-state index in [1.807, 2.05) is 6.07 Å². The van der Waals surface area contributed by atoms with Gasteiger partial charge in [0.1, 0.15) is 5.75 Å². The Hall–Kier alpha value is -3.02. The second-order valence-electron chi connectivity index (χ2n) is 6.86. The summed E-state index contributed by atoms with van der Waals surface area (Å²) in [5.74, 6) is -0.349. The summed E-state index contributed by atoms with van der Waals surface area (Å²) in [6, 6.07) is 12.0. The number of carbonyl (C=O) groups is 2. The molecule has 6 nitrogen and oxygen atoms in total. The van der Waals surface area contributed by atoms with E-state index in [0.717, 1.165) is 31.6 Å². The van der Waals surface area contributed by atoms with Gasteiger partial charge in [0.05, 0.1) is 23.9 Å². The van der Waals surface area contributed by atoms with Crippen LogP contribution in [-0.2, 0) is 0 Å². The summed E-state index contributed by atoms with van der Waals surface area (Å²) in [5, 5.41) is 12.3. The van der Waals surface area contributed by atoms with Crippen LogP contribution in [0.2, 0.25) is 0 Å². The lowest BCUT2D eigenvalue weighted by Gasteiger charge is -2.32. The lowest BCUT2D eigenvalue weighted by atomic mass is 9.98. The monoisotopic (exact) mass is 368 g/mol. The van der Waals surface area contributed by atoms with Crippen LogP contribution in [0.25, 0.3) is 0 Å². The number of piperidine rings is 1. The molecule has 2 aromatic carbocycles. The zero-order valence-corrected chi connectivity index (χ0v) is 15.6. The van der Waals surface area contributed by atoms with Crippen molar-refractivity contribution in [2.45, 2.75) is 19.8 Å². The average molecular weight is 368 g/mol. The second kappa shape index (κ2) is 8.12. The first kappa shape index (κ1) is 18.8. The van der Waals surface area contributed by atoms with E-state index in [9.17, 15) is 14.7 Å². The van der Waals surface area contributed by atoms with Gasteiger partial charge in [-0.15, -0.1) is 0 Å². The Labute approximate surface area is 158 Å². The third kappa shape index (κ3) is 4.22. The van der Waals surface area contributed by atoms with E-state index >= 15 is 0 Å². The molecule has 1 amide bonds. The van der Waals surface area contributed by atoms with Gasteiger partial charge in [0, 0.05) is 18.8 Å². The maximum absolute atomic E-state index is 12.6. The molecule has 0 bridgehead atoms. The van der Waals surface area contributed by atoms with Crippen molar-refractivity contribution in [2.24, 2.45) is 5.92 Å². The lowest BCUT2D eigenvalue weighted by molar-refractivity contribution is 0.0698. The summed E-state index contributed by atoms with van der Waals surface area (Å²) < 4.78 is 5.21. The second-order valence-corrected chi connectivity index (χ2v) is 6.86. The highest BCUT2D eigenvalue weighted by molar-refractivity contribution is 6.09. The largest absolute Gasteiger partial charge is 0.496 e. The first-order valence-electron chi connectivity index (χ1n) is 9.06. The molecule has 6 heteroatoms. The number of amides is 1. The quantitative estimate of drug-likeness (QED) is 0.837. The van der Waals surface area contributed by atoms with Crippen LogP contribution in [0.3, 0.4) is 0 Å². The molecule has 1 aliphatic heterocycles. The molecule has 0 unspecified atom stereocenters. The molecule has 0 aliphatic carbocycles. The van der Waals surface area contributed by atoms with Crippen LogP contribution in [0.4, 0.5) is 11.4 Å². The van der Waals surface area contributed by atoms with E-state index in [2.05, 4.69) is 17.1 Å². The summed E-state index contributed by atoms with van der Waals surface area (Å²) in [4.78, 5) is 26.5. The van der Waals surface area contributed by atoms with Gasteiger partial charge in [-0.25, -0.2) is 4.79 Å². The molecular formula is C21H24N2O4. The molecule has 1 heterocycles. The normalized spacial score (nSPS) is 14.7. The van der Waals surface area contributed by atoms with Gasteiger partial charge in [-0.2, -0.15) is 0 Å². The first-order chi connectivity index (χ1) is 13.0. The highest BCUT2D eigenvalue weighted by Gasteiger charge is 2.20. The van der Waals surface area contributed by atoms with E-state index in [-0.39, 0.29) is 11.3 Å². The number of carboxylic acids is 1. The van der Waals surface area contributed by atoms with Crippen molar-refractivity contribution in [1.29, 1.82) is 0 Å². The molecule has 2 aromatic rings. The van der Waals surface area contributed by atoms with Crippen molar-refractivity contribution in [2.75, 3.05) is 30.4 Å². The summed E-state index contributed by atoms with van der Waals surface area (Å²) in [6.07, 6.45) is 2.18. The number of carboxylic acid groups (broad SMARTS) is 1. The molecule has 1 aliphatic rings. The topological polar surface area (TPSA) is 78.9 Å². The molecule has 1 fully saturated rings. The lowest BCUT2D eigenvalue weighted by Crippen LogP contribution is -2.32. The van der Waals surface area contributed by atoms with Crippen LogP contribution in [0, 0.1) is 5.92 Å². The Morgan fingerprint density at radius 3 is 2.48 bits per heavy atom. The number of nitrogens with one attached hydrogen (secondary N) is 1. The van der Waals surface area contributed by atoms with E-state index in [1.54, 1.807) is 36.4 Å². The Kier molecular flexibility index (Phi) is 5.64. The molecule has 2 N–H and O–H groups in total. The third-order valence-electron chi connectivity index (χ3n) is 4.98. The number of hydrogen-bond donors (Lipinski definition) is 2. The SMILES string of the molecule is COc1ccccc1C(=O)Nc1ccc(N2CCC(C)CC2)cc1C(=O)O. The minimum Gasteiger partial charge on any atom is -0.496 e. The minimum atomic E-state index is -1.07. The first-order valence-corrected chi connectivity index (χ1v) is 9.06. The summed E-state index contributed by atoms with van der Waals surface area (Å²) in [5.41, 5.74) is 1.57. The van der Waals surface area contributed by atoms with Gasteiger partial charge in [-0.1, -0.05) is 19.1 Å². The fourth-order valence-corrected chi connectivity index (χ4v) is 3.30. The standard InChI is InChI=1S/C21H24N2O4/c1-14-9-11-23(12-10-14)15-7-8-18(17(13-15)21(25)26)22-20(24)16-5-3-4-6-19(16)27-2/h3-8,13-14H,9-12H2,1-2H3,(H,22,24)(H,25,26). The van der Waals surface area contributed by atoms with Crippen LogP contribution in [-0.4, -0.2) is 37.2 Å². The number of nitrogens with zero attached hydrogens (tertiary/aromatic N) is 1. The fourth-order valence-electron chi connectivity index (χ4n) is 3.30. The van der Waals surface area contributed by atoms with Gasteiger partial charge in [-0.05, 0) is 49.1 Å². The van der Waals surface area contributed by atoms with Gasteiger partial charge >= 0.3 is 5.97 Å². The van der Waals surface area contributed by atoms with E-state index in [0.29, 0.717) is 17.2 Å². The number of hydrogen-bond acceptors (Lipinski definition) is 4. The molecule has 0 spiro atoms. The van der Waals surface area contributed by atoms with Gasteiger partial charge in [0.2, 0.25) is 0 Å².